The van der Waals surface area contributed by atoms with Gasteiger partial charge in [0.2, 0.25) is 0 Å². The summed E-state index contributed by atoms with van der Waals surface area (Å²) in [7, 11) is -4.10. The lowest BCUT2D eigenvalue weighted by atomic mass is 9.92. The first-order valence-corrected chi connectivity index (χ1v) is 10.4. The summed E-state index contributed by atoms with van der Waals surface area (Å²) < 4.78 is 68.9. The summed E-state index contributed by atoms with van der Waals surface area (Å²) in [4.78, 5) is 3.78. The predicted octanol–water partition coefficient (Wildman–Crippen LogP) is 3.97. The van der Waals surface area contributed by atoms with Gasteiger partial charge in [0.05, 0.1) is 21.8 Å². The Labute approximate surface area is 165 Å². The Morgan fingerprint density at radius 1 is 1.00 bits per heavy atom. The van der Waals surface area contributed by atoms with E-state index in [1.807, 2.05) is 0 Å². The van der Waals surface area contributed by atoms with Gasteiger partial charge in [-0.2, -0.15) is 18.3 Å². The van der Waals surface area contributed by atoms with E-state index in [9.17, 15) is 21.6 Å². The van der Waals surface area contributed by atoms with Crippen LogP contribution >= 0.6 is 0 Å². The number of rotatable bonds is 4. The predicted molar refractivity (Wildman–Crippen MR) is 100 cm³/mol. The maximum atomic E-state index is 13.2. The van der Waals surface area contributed by atoms with Gasteiger partial charge in [-0.05, 0) is 67.1 Å². The van der Waals surface area contributed by atoms with E-state index in [1.165, 1.54) is 23.4 Å². The molecular formula is C19H17F3N4O2S. The van der Waals surface area contributed by atoms with Crippen molar-refractivity contribution in [3.63, 3.8) is 0 Å². The number of hydrogen-bond donors (Lipinski definition) is 1. The first-order chi connectivity index (χ1) is 13.7. The number of hydrogen-bond acceptors (Lipinski definition) is 4. The fourth-order valence-electron chi connectivity index (χ4n) is 3.41. The first kappa shape index (κ1) is 19.4. The molecule has 4 rings (SSSR count). The van der Waals surface area contributed by atoms with Crippen LogP contribution in [0.15, 0.2) is 53.9 Å². The number of benzene rings is 2. The molecule has 29 heavy (non-hydrogen) atoms. The number of aryl methyl sites for hydroxylation is 2. The SMILES string of the molecule is O=S(=O)(Nc1cc(C(F)(F)F)ccc1-n1cncn1)c1ccc2c(c1)CCCC2. The van der Waals surface area contributed by atoms with Crippen LogP contribution in [-0.2, 0) is 29.0 Å². The van der Waals surface area contributed by atoms with Crippen LogP contribution in [0.1, 0.15) is 29.5 Å². The summed E-state index contributed by atoms with van der Waals surface area (Å²) in [5, 5.41) is 3.89. The van der Waals surface area contributed by atoms with Crippen molar-refractivity contribution >= 4 is 15.7 Å². The molecule has 10 heteroatoms. The van der Waals surface area contributed by atoms with Crippen LogP contribution in [0.3, 0.4) is 0 Å². The number of alkyl halides is 3. The van der Waals surface area contributed by atoms with Crippen molar-refractivity contribution in [2.45, 2.75) is 36.8 Å². The van der Waals surface area contributed by atoms with Crippen molar-refractivity contribution in [1.82, 2.24) is 14.8 Å². The van der Waals surface area contributed by atoms with E-state index in [1.54, 1.807) is 12.1 Å². The van der Waals surface area contributed by atoms with E-state index < -0.39 is 21.8 Å². The van der Waals surface area contributed by atoms with Crippen LogP contribution in [0, 0.1) is 0 Å². The zero-order valence-corrected chi connectivity index (χ0v) is 16.0. The summed E-state index contributed by atoms with van der Waals surface area (Å²) in [6.07, 6.45) is 1.59. The Kier molecular flexibility index (Phi) is 4.81. The third-order valence-corrected chi connectivity index (χ3v) is 6.23. The van der Waals surface area contributed by atoms with E-state index >= 15 is 0 Å². The number of aromatic nitrogens is 3. The third kappa shape index (κ3) is 3.98. The smallest absolute Gasteiger partial charge is 0.277 e. The average molecular weight is 422 g/mol. The van der Waals surface area contributed by atoms with Gasteiger partial charge in [-0.15, -0.1) is 0 Å². The Morgan fingerprint density at radius 2 is 1.76 bits per heavy atom. The van der Waals surface area contributed by atoms with Gasteiger partial charge in [0.1, 0.15) is 12.7 Å². The lowest BCUT2D eigenvalue weighted by Crippen LogP contribution is -2.17. The van der Waals surface area contributed by atoms with Gasteiger partial charge in [-0.3, -0.25) is 4.72 Å². The quantitative estimate of drug-likeness (QED) is 0.690. The molecule has 1 aromatic heterocycles. The van der Waals surface area contributed by atoms with Gasteiger partial charge < -0.3 is 0 Å². The van der Waals surface area contributed by atoms with Gasteiger partial charge in [0, 0.05) is 0 Å². The van der Waals surface area contributed by atoms with E-state index in [0.717, 1.165) is 55.0 Å². The zero-order chi connectivity index (χ0) is 20.6. The normalized spacial score (nSPS) is 14.4. The number of halogens is 3. The second-order valence-corrected chi connectivity index (χ2v) is 8.50. The molecule has 0 atom stereocenters. The third-order valence-electron chi connectivity index (χ3n) is 4.86. The molecule has 1 aliphatic rings. The fourth-order valence-corrected chi connectivity index (χ4v) is 4.52. The molecule has 2 aromatic carbocycles. The van der Waals surface area contributed by atoms with Crippen molar-refractivity contribution < 1.29 is 21.6 Å². The van der Waals surface area contributed by atoms with Crippen LogP contribution in [0.4, 0.5) is 18.9 Å². The molecule has 1 N–H and O–H groups in total. The lowest BCUT2D eigenvalue weighted by Gasteiger charge is -2.18. The highest BCUT2D eigenvalue weighted by molar-refractivity contribution is 7.92. The molecule has 6 nitrogen and oxygen atoms in total. The molecule has 0 spiro atoms. The highest BCUT2D eigenvalue weighted by atomic mass is 32.2. The van der Waals surface area contributed by atoms with Crippen molar-refractivity contribution in [3.8, 4) is 5.69 Å². The molecule has 0 fully saturated rings. The van der Waals surface area contributed by atoms with Gasteiger partial charge in [0.15, 0.2) is 0 Å². The highest BCUT2D eigenvalue weighted by Gasteiger charge is 2.32. The first-order valence-electron chi connectivity index (χ1n) is 8.95. The van der Waals surface area contributed by atoms with Crippen LogP contribution < -0.4 is 4.72 Å². The van der Waals surface area contributed by atoms with E-state index in [4.69, 9.17) is 0 Å². The minimum Gasteiger partial charge on any atom is -0.277 e. The largest absolute Gasteiger partial charge is 0.416 e. The molecule has 152 valence electrons. The number of sulfonamides is 1. The van der Waals surface area contributed by atoms with E-state index in [-0.39, 0.29) is 16.3 Å². The van der Waals surface area contributed by atoms with E-state index in [0.29, 0.717) is 0 Å². The molecule has 0 aliphatic heterocycles. The van der Waals surface area contributed by atoms with Crippen molar-refractivity contribution in [1.29, 1.82) is 0 Å². The Morgan fingerprint density at radius 3 is 2.45 bits per heavy atom. The summed E-state index contributed by atoms with van der Waals surface area (Å²) in [5.41, 5.74) is 1.00. The average Bonchev–Trinajstić information content (AvgIpc) is 3.21. The zero-order valence-electron chi connectivity index (χ0n) is 15.1. The monoisotopic (exact) mass is 422 g/mol. The Balaban J connectivity index is 1.75. The molecule has 0 saturated heterocycles. The van der Waals surface area contributed by atoms with Crippen LogP contribution in [0.2, 0.25) is 0 Å². The molecule has 3 aromatic rings. The fraction of sp³-hybridized carbons (Fsp3) is 0.263. The van der Waals surface area contributed by atoms with Crippen molar-refractivity contribution in [2.75, 3.05) is 4.72 Å². The lowest BCUT2D eigenvalue weighted by molar-refractivity contribution is -0.137. The minimum absolute atomic E-state index is 0.0140. The molecule has 0 saturated carbocycles. The van der Waals surface area contributed by atoms with Gasteiger partial charge in [-0.1, -0.05) is 6.07 Å². The maximum absolute atomic E-state index is 13.2. The van der Waals surface area contributed by atoms with Crippen molar-refractivity contribution in [3.05, 3.63) is 65.7 Å². The van der Waals surface area contributed by atoms with Gasteiger partial charge >= 0.3 is 6.18 Å². The van der Waals surface area contributed by atoms with Crippen LogP contribution in [0.25, 0.3) is 5.69 Å². The molecule has 1 aliphatic carbocycles. The van der Waals surface area contributed by atoms with Gasteiger partial charge in [-0.25, -0.2) is 18.1 Å². The molecule has 0 unspecified atom stereocenters. The standard InChI is InChI=1S/C19H17F3N4O2S/c20-19(21,22)15-6-8-18(26-12-23-11-24-26)17(10-15)25-29(27,28)16-7-5-13-3-1-2-4-14(13)9-16/h5-12,25H,1-4H2. The maximum Gasteiger partial charge on any atom is 0.416 e. The highest BCUT2D eigenvalue weighted by Crippen LogP contribution is 2.34. The van der Waals surface area contributed by atoms with Crippen molar-refractivity contribution in [2.24, 2.45) is 0 Å². The van der Waals surface area contributed by atoms with Crippen LogP contribution in [0.5, 0.6) is 0 Å². The van der Waals surface area contributed by atoms with E-state index in [2.05, 4.69) is 14.8 Å². The molecule has 0 bridgehead atoms. The van der Waals surface area contributed by atoms with Gasteiger partial charge in [0.25, 0.3) is 10.0 Å². The Hall–Kier alpha value is -2.88. The Bertz CT molecular complexity index is 1140. The second-order valence-electron chi connectivity index (χ2n) is 6.81. The second kappa shape index (κ2) is 7.18. The number of fused-ring (bicyclic) bond motifs is 1. The molecule has 0 radical (unpaired) electrons. The summed E-state index contributed by atoms with van der Waals surface area (Å²) >= 11 is 0. The number of nitrogens with one attached hydrogen (secondary N) is 1. The summed E-state index contributed by atoms with van der Waals surface area (Å²) in [5.74, 6) is 0. The molecule has 1 heterocycles. The minimum atomic E-state index is -4.62. The summed E-state index contributed by atoms with van der Waals surface area (Å²) in [6.45, 7) is 0. The molecular weight excluding hydrogens is 405 g/mol. The molecule has 0 amide bonds. The van der Waals surface area contributed by atoms with Crippen LogP contribution in [-0.4, -0.2) is 23.2 Å². The number of nitrogens with zero attached hydrogens (tertiary/aromatic N) is 3. The number of anilines is 1. The summed E-state index contributed by atoms with van der Waals surface area (Å²) in [6, 6.07) is 7.63. The topological polar surface area (TPSA) is 76.9 Å².